The molecule has 1 aromatic heterocycles. The van der Waals surface area contributed by atoms with Crippen LogP contribution >= 0.6 is 11.6 Å². The van der Waals surface area contributed by atoms with E-state index in [0.29, 0.717) is 22.4 Å². The van der Waals surface area contributed by atoms with Gasteiger partial charge in [-0.3, -0.25) is 4.79 Å². The topological polar surface area (TPSA) is 114 Å². The highest BCUT2D eigenvalue weighted by Crippen LogP contribution is 2.28. The predicted molar refractivity (Wildman–Crippen MR) is 101 cm³/mol. The van der Waals surface area contributed by atoms with Crippen molar-refractivity contribution in [3.05, 3.63) is 41.1 Å². The number of benzene rings is 1. The van der Waals surface area contributed by atoms with Crippen LogP contribution in [-0.4, -0.2) is 48.3 Å². The molecule has 0 spiro atoms. The van der Waals surface area contributed by atoms with E-state index in [-0.39, 0.29) is 17.6 Å². The zero-order chi connectivity index (χ0) is 22.3. The van der Waals surface area contributed by atoms with Gasteiger partial charge in [0.05, 0.1) is 24.0 Å². The highest BCUT2D eigenvalue weighted by atomic mass is 35.5. The van der Waals surface area contributed by atoms with Crippen LogP contribution in [0.5, 0.6) is 5.75 Å². The molecule has 0 radical (unpaired) electrons. The van der Waals surface area contributed by atoms with Crippen LogP contribution in [0.1, 0.15) is 35.2 Å². The zero-order valence-corrected chi connectivity index (χ0v) is 16.5. The summed E-state index contributed by atoms with van der Waals surface area (Å²) in [5, 5.41) is 13.5. The van der Waals surface area contributed by atoms with Gasteiger partial charge in [-0.25, -0.2) is 9.78 Å². The minimum absolute atomic E-state index is 0.186. The first-order valence-corrected chi connectivity index (χ1v) is 9.11. The van der Waals surface area contributed by atoms with Crippen LogP contribution in [0.4, 0.5) is 18.9 Å². The number of amides is 1. The van der Waals surface area contributed by atoms with Crippen LogP contribution in [0.25, 0.3) is 0 Å². The lowest BCUT2D eigenvalue weighted by molar-refractivity contribution is -0.192. The quantitative estimate of drug-likeness (QED) is 0.652. The van der Waals surface area contributed by atoms with Crippen molar-refractivity contribution in [3.8, 4) is 5.75 Å². The molecule has 0 atom stereocenters. The lowest BCUT2D eigenvalue weighted by Gasteiger charge is -2.19. The normalized spacial score (nSPS) is 14.4. The summed E-state index contributed by atoms with van der Waals surface area (Å²) in [6.45, 7) is 1.88. The van der Waals surface area contributed by atoms with E-state index in [4.69, 9.17) is 30.7 Å². The molecule has 1 aliphatic heterocycles. The fraction of sp³-hybridized carbons (Fsp3) is 0.389. The van der Waals surface area contributed by atoms with Gasteiger partial charge in [-0.2, -0.15) is 13.2 Å². The Morgan fingerprint density at radius 3 is 2.50 bits per heavy atom. The number of carboxylic acids is 1. The van der Waals surface area contributed by atoms with Crippen molar-refractivity contribution >= 4 is 29.2 Å². The van der Waals surface area contributed by atoms with E-state index in [2.05, 4.69) is 15.6 Å². The second-order valence-electron chi connectivity index (χ2n) is 6.19. The minimum atomic E-state index is -5.08. The summed E-state index contributed by atoms with van der Waals surface area (Å²) in [6, 6.07) is 5.05. The van der Waals surface area contributed by atoms with Crippen molar-refractivity contribution in [2.75, 3.05) is 25.5 Å². The summed E-state index contributed by atoms with van der Waals surface area (Å²) < 4.78 is 42.4. The van der Waals surface area contributed by atoms with Gasteiger partial charge in [0.25, 0.3) is 5.91 Å². The molecular formula is C18H19ClF3N3O5. The van der Waals surface area contributed by atoms with Crippen molar-refractivity contribution in [3.63, 3.8) is 0 Å². The number of hydrogen-bond acceptors (Lipinski definition) is 6. The monoisotopic (exact) mass is 449 g/mol. The first kappa shape index (κ1) is 23.5. The van der Waals surface area contributed by atoms with Gasteiger partial charge in [0.2, 0.25) is 5.76 Å². The molecule has 2 heterocycles. The SMILES string of the molecule is COc1ccc(NC(=O)c2cnc(C3CCNCC3)o2)c(Cl)c1.O=C(O)C(F)(F)F. The Kier molecular flexibility index (Phi) is 8.07. The molecule has 1 saturated heterocycles. The van der Waals surface area contributed by atoms with Gasteiger partial charge >= 0.3 is 12.1 Å². The zero-order valence-electron chi connectivity index (χ0n) is 15.8. The van der Waals surface area contributed by atoms with E-state index in [1.165, 1.54) is 6.20 Å². The fourth-order valence-corrected chi connectivity index (χ4v) is 2.78. The van der Waals surface area contributed by atoms with Gasteiger partial charge in [-0.05, 0) is 38.1 Å². The Bertz CT molecular complexity index is 882. The van der Waals surface area contributed by atoms with Gasteiger partial charge in [-0.15, -0.1) is 0 Å². The van der Waals surface area contributed by atoms with Gasteiger partial charge in [0.1, 0.15) is 5.75 Å². The van der Waals surface area contributed by atoms with Crippen LogP contribution in [0.15, 0.2) is 28.8 Å². The Balaban J connectivity index is 0.000000396. The van der Waals surface area contributed by atoms with Crippen molar-refractivity contribution in [2.45, 2.75) is 24.9 Å². The number of halogens is 4. The molecule has 0 aliphatic carbocycles. The third kappa shape index (κ3) is 6.63. The number of anilines is 1. The molecule has 0 bridgehead atoms. The second-order valence-corrected chi connectivity index (χ2v) is 6.60. The van der Waals surface area contributed by atoms with E-state index >= 15 is 0 Å². The van der Waals surface area contributed by atoms with E-state index in [0.717, 1.165) is 25.9 Å². The Morgan fingerprint density at radius 2 is 1.97 bits per heavy atom. The Labute approximate surface area is 174 Å². The number of carbonyl (C=O) groups is 2. The fourth-order valence-electron chi connectivity index (χ4n) is 2.56. The molecule has 2 aromatic rings. The number of alkyl halides is 3. The van der Waals surface area contributed by atoms with E-state index < -0.39 is 12.1 Å². The maximum atomic E-state index is 12.3. The van der Waals surface area contributed by atoms with Crippen molar-refractivity contribution in [1.82, 2.24) is 10.3 Å². The minimum Gasteiger partial charge on any atom is -0.497 e. The van der Waals surface area contributed by atoms with E-state index in [9.17, 15) is 18.0 Å². The number of methoxy groups -OCH3 is 1. The molecule has 1 aliphatic rings. The molecule has 1 amide bonds. The van der Waals surface area contributed by atoms with Crippen molar-refractivity contribution < 1.29 is 37.0 Å². The molecule has 164 valence electrons. The first-order valence-electron chi connectivity index (χ1n) is 8.73. The summed E-state index contributed by atoms with van der Waals surface area (Å²) in [5.74, 6) is -1.43. The van der Waals surface area contributed by atoms with E-state index in [1.807, 2.05) is 0 Å². The van der Waals surface area contributed by atoms with Gasteiger partial charge in [-0.1, -0.05) is 11.6 Å². The largest absolute Gasteiger partial charge is 0.497 e. The van der Waals surface area contributed by atoms with Crippen LogP contribution in [0, 0.1) is 0 Å². The maximum Gasteiger partial charge on any atom is 0.490 e. The maximum absolute atomic E-state index is 12.3. The Morgan fingerprint density at radius 1 is 1.33 bits per heavy atom. The number of nitrogens with one attached hydrogen (secondary N) is 2. The number of carbonyl (C=O) groups excluding carboxylic acids is 1. The lowest BCUT2D eigenvalue weighted by Crippen LogP contribution is -2.26. The molecule has 12 heteroatoms. The lowest BCUT2D eigenvalue weighted by atomic mass is 9.98. The third-order valence-electron chi connectivity index (χ3n) is 4.10. The van der Waals surface area contributed by atoms with Crippen LogP contribution in [-0.2, 0) is 4.79 Å². The highest BCUT2D eigenvalue weighted by molar-refractivity contribution is 6.34. The molecule has 3 N–H and O–H groups in total. The summed E-state index contributed by atoms with van der Waals surface area (Å²) in [5.41, 5.74) is 0.497. The predicted octanol–water partition coefficient (Wildman–Crippen LogP) is 3.69. The molecule has 0 saturated carbocycles. The number of hydrogen-bond donors (Lipinski definition) is 3. The van der Waals surface area contributed by atoms with Crippen molar-refractivity contribution in [2.24, 2.45) is 0 Å². The number of ether oxygens (including phenoxy) is 1. The van der Waals surface area contributed by atoms with Gasteiger partial charge in [0, 0.05) is 12.0 Å². The first-order chi connectivity index (χ1) is 14.1. The summed E-state index contributed by atoms with van der Waals surface area (Å²) in [7, 11) is 1.56. The number of rotatable bonds is 4. The average molecular weight is 450 g/mol. The smallest absolute Gasteiger partial charge is 0.490 e. The van der Waals surface area contributed by atoms with E-state index in [1.54, 1.807) is 25.3 Å². The molecule has 30 heavy (non-hydrogen) atoms. The standard InChI is InChI=1S/C16H18ClN3O3.C2HF3O2/c1-22-11-2-3-13(12(17)8-11)20-15(21)14-9-19-16(23-14)10-4-6-18-7-5-10;3-2(4,5)1(6)7/h2-3,8-10,18H,4-7H2,1H3,(H,20,21);(H,6,7). The molecule has 3 rings (SSSR count). The van der Waals surface area contributed by atoms with Crippen LogP contribution in [0.2, 0.25) is 5.02 Å². The molecular weight excluding hydrogens is 431 g/mol. The Hall–Kier alpha value is -2.79. The number of aromatic nitrogens is 1. The number of nitrogens with zero attached hydrogens (tertiary/aromatic N) is 1. The molecule has 8 nitrogen and oxygen atoms in total. The number of piperidine rings is 1. The molecule has 1 aromatic carbocycles. The van der Waals surface area contributed by atoms with Gasteiger partial charge < -0.3 is 24.9 Å². The molecule has 1 fully saturated rings. The number of oxazole rings is 1. The summed E-state index contributed by atoms with van der Waals surface area (Å²) in [4.78, 5) is 25.4. The van der Waals surface area contributed by atoms with Crippen molar-refractivity contribution in [1.29, 1.82) is 0 Å². The summed E-state index contributed by atoms with van der Waals surface area (Å²) >= 11 is 6.12. The van der Waals surface area contributed by atoms with Crippen LogP contribution < -0.4 is 15.4 Å². The van der Waals surface area contributed by atoms with Gasteiger partial charge in [0.15, 0.2) is 5.89 Å². The second kappa shape index (κ2) is 10.3. The number of carboxylic acid groups (broad SMARTS) is 1. The summed E-state index contributed by atoms with van der Waals surface area (Å²) in [6.07, 6.45) is -1.69. The average Bonchev–Trinajstić information content (AvgIpc) is 3.20. The highest BCUT2D eigenvalue weighted by Gasteiger charge is 2.38. The van der Waals surface area contributed by atoms with Crippen LogP contribution in [0.3, 0.4) is 0 Å². The number of aliphatic carboxylic acids is 1. The third-order valence-corrected chi connectivity index (χ3v) is 4.42. The molecule has 0 unspecified atom stereocenters.